The fraction of sp³-hybridized carbons (Fsp3) is 0.0741. The normalized spacial score (nSPS) is 11.1. The SMILES string of the molecule is O=C(Cc1ccccc1)Nc1ccc2c(c1)c1ccccc1n2Cc1ccccc1. The Bertz CT molecular complexity index is 1320. The van der Waals surface area contributed by atoms with Crippen LogP contribution in [0.15, 0.2) is 103 Å². The van der Waals surface area contributed by atoms with Gasteiger partial charge >= 0.3 is 0 Å². The van der Waals surface area contributed by atoms with Crippen LogP contribution in [0.4, 0.5) is 5.69 Å². The predicted octanol–water partition coefficient (Wildman–Crippen LogP) is 6.02. The zero-order valence-electron chi connectivity index (χ0n) is 16.6. The summed E-state index contributed by atoms with van der Waals surface area (Å²) < 4.78 is 2.34. The average molecular weight is 390 g/mol. The van der Waals surface area contributed by atoms with Gasteiger partial charge < -0.3 is 9.88 Å². The molecule has 0 radical (unpaired) electrons. The van der Waals surface area contributed by atoms with E-state index in [0.717, 1.165) is 23.2 Å². The highest BCUT2D eigenvalue weighted by Gasteiger charge is 2.12. The zero-order valence-corrected chi connectivity index (χ0v) is 16.6. The predicted molar refractivity (Wildman–Crippen MR) is 124 cm³/mol. The molecule has 0 saturated heterocycles. The first-order chi connectivity index (χ1) is 14.8. The number of para-hydroxylation sites is 1. The summed E-state index contributed by atoms with van der Waals surface area (Å²) in [6, 6.07) is 34.9. The molecule has 5 rings (SSSR count). The number of nitrogens with zero attached hydrogens (tertiary/aromatic N) is 1. The number of carbonyl (C=O) groups is 1. The molecule has 0 unspecified atom stereocenters. The molecule has 0 atom stereocenters. The Morgan fingerprint density at radius 2 is 1.30 bits per heavy atom. The lowest BCUT2D eigenvalue weighted by molar-refractivity contribution is -0.115. The van der Waals surface area contributed by atoms with Crippen LogP contribution in [-0.2, 0) is 17.8 Å². The van der Waals surface area contributed by atoms with Gasteiger partial charge in [-0.15, -0.1) is 0 Å². The van der Waals surface area contributed by atoms with Gasteiger partial charge in [0.1, 0.15) is 0 Å². The highest BCUT2D eigenvalue weighted by Crippen LogP contribution is 2.31. The third kappa shape index (κ3) is 3.58. The minimum Gasteiger partial charge on any atom is -0.336 e. The van der Waals surface area contributed by atoms with E-state index < -0.39 is 0 Å². The fourth-order valence-electron chi connectivity index (χ4n) is 4.05. The summed E-state index contributed by atoms with van der Waals surface area (Å²) in [7, 11) is 0. The molecule has 0 aliphatic heterocycles. The summed E-state index contributed by atoms with van der Waals surface area (Å²) >= 11 is 0. The van der Waals surface area contributed by atoms with Crippen LogP contribution in [0.3, 0.4) is 0 Å². The number of rotatable bonds is 5. The second-order valence-electron chi connectivity index (χ2n) is 7.53. The van der Waals surface area contributed by atoms with Gasteiger partial charge in [0, 0.05) is 34.0 Å². The Kier molecular flexibility index (Phi) is 4.78. The molecule has 1 heterocycles. The van der Waals surface area contributed by atoms with Crippen molar-refractivity contribution in [2.24, 2.45) is 0 Å². The maximum Gasteiger partial charge on any atom is 0.228 e. The number of hydrogen-bond donors (Lipinski definition) is 1. The quantitative estimate of drug-likeness (QED) is 0.391. The molecule has 4 aromatic carbocycles. The maximum atomic E-state index is 12.5. The van der Waals surface area contributed by atoms with Gasteiger partial charge in [0.15, 0.2) is 0 Å². The van der Waals surface area contributed by atoms with Crippen LogP contribution in [0.1, 0.15) is 11.1 Å². The summed E-state index contributed by atoms with van der Waals surface area (Å²) in [5.74, 6) is -0.00595. The van der Waals surface area contributed by atoms with E-state index in [1.807, 2.05) is 42.5 Å². The highest BCUT2D eigenvalue weighted by molar-refractivity contribution is 6.10. The summed E-state index contributed by atoms with van der Waals surface area (Å²) in [5, 5.41) is 5.41. The van der Waals surface area contributed by atoms with Crippen molar-refractivity contribution >= 4 is 33.4 Å². The summed E-state index contributed by atoms with van der Waals surface area (Å²) in [4.78, 5) is 12.5. The first kappa shape index (κ1) is 18.2. The molecule has 0 bridgehead atoms. The maximum absolute atomic E-state index is 12.5. The van der Waals surface area contributed by atoms with Crippen molar-refractivity contribution in [1.82, 2.24) is 4.57 Å². The van der Waals surface area contributed by atoms with Gasteiger partial charge in [0.05, 0.1) is 6.42 Å². The van der Waals surface area contributed by atoms with Crippen LogP contribution >= 0.6 is 0 Å². The van der Waals surface area contributed by atoms with Gasteiger partial charge in [-0.25, -0.2) is 0 Å². The number of amides is 1. The largest absolute Gasteiger partial charge is 0.336 e. The summed E-state index contributed by atoms with van der Waals surface area (Å²) in [6.07, 6.45) is 0.370. The second-order valence-corrected chi connectivity index (χ2v) is 7.53. The second kappa shape index (κ2) is 7.88. The van der Waals surface area contributed by atoms with Crippen molar-refractivity contribution in [2.75, 3.05) is 5.32 Å². The molecule has 3 heteroatoms. The third-order valence-electron chi connectivity index (χ3n) is 5.45. The van der Waals surface area contributed by atoms with Crippen LogP contribution in [0.25, 0.3) is 21.8 Å². The lowest BCUT2D eigenvalue weighted by Crippen LogP contribution is -2.14. The van der Waals surface area contributed by atoms with Crippen LogP contribution in [0, 0.1) is 0 Å². The molecular formula is C27H22N2O. The number of fused-ring (bicyclic) bond motifs is 3. The van der Waals surface area contributed by atoms with Crippen LogP contribution in [0.5, 0.6) is 0 Å². The molecular weight excluding hydrogens is 368 g/mol. The molecule has 1 N–H and O–H groups in total. The van der Waals surface area contributed by atoms with Crippen LogP contribution in [-0.4, -0.2) is 10.5 Å². The molecule has 0 aliphatic carbocycles. The molecule has 0 saturated carbocycles. The number of carbonyl (C=O) groups excluding carboxylic acids is 1. The molecule has 30 heavy (non-hydrogen) atoms. The van der Waals surface area contributed by atoms with E-state index in [2.05, 4.69) is 70.5 Å². The van der Waals surface area contributed by atoms with Gasteiger partial charge in [-0.05, 0) is 35.4 Å². The monoisotopic (exact) mass is 390 g/mol. The van der Waals surface area contributed by atoms with E-state index in [-0.39, 0.29) is 5.91 Å². The van der Waals surface area contributed by atoms with Crippen LogP contribution in [0.2, 0.25) is 0 Å². The molecule has 0 spiro atoms. The number of anilines is 1. The lowest BCUT2D eigenvalue weighted by Gasteiger charge is -2.09. The molecule has 0 aliphatic rings. The van der Waals surface area contributed by atoms with Gasteiger partial charge in [0.25, 0.3) is 0 Å². The molecule has 146 valence electrons. The van der Waals surface area contributed by atoms with E-state index in [0.29, 0.717) is 6.42 Å². The van der Waals surface area contributed by atoms with E-state index in [1.54, 1.807) is 0 Å². The number of nitrogens with one attached hydrogen (secondary N) is 1. The van der Waals surface area contributed by atoms with E-state index in [9.17, 15) is 4.79 Å². The molecule has 1 aromatic heterocycles. The number of aromatic nitrogens is 1. The number of hydrogen-bond acceptors (Lipinski definition) is 1. The highest BCUT2D eigenvalue weighted by atomic mass is 16.1. The lowest BCUT2D eigenvalue weighted by atomic mass is 10.1. The van der Waals surface area contributed by atoms with Crippen molar-refractivity contribution in [3.63, 3.8) is 0 Å². The van der Waals surface area contributed by atoms with E-state index in [4.69, 9.17) is 0 Å². The molecule has 3 nitrogen and oxygen atoms in total. The first-order valence-corrected chi connectivity index (χ1v) is 10.2. The van der Waals surface area contributed by atoms with Gasteiger partial charge in [-0.3, -0.25) is 4.79 Å². The van der Waals surface area contributed by atoms with E-state index >= 15 is 0 Å². The Balaban J connectivity index is 1.50. The molecule has 0 fully saturated rings. The standard InChI is InChI=1S/C27H22N2O/c30-27(17-20-9-3-1-4-10-20)28-22-15-16-26-24(18-22)23-13-7-8-14-25(23)29(26)19-21-11-5-2-6-12-21/h1-16,18H,17,19H2,(H,28,30). The minimum atomic E-state index is -0.00595. The van der Waals surface area contributed by atoms with Gasteiger partial charge in [0.2, 0.25) is 5.91 Å². The van der Waals surface area contributed by atoms with Crippen molar-refractivity contribution in [1.29, 1.82) is 0 Å². The van der Waals surface area contributed by atoms with Gasteiger partial charge in [-0.2, -0.15) is 0 Å². The van der Waals surface area contributed by atoms with Crippen molar-refractivity contribution < 1.29 is 4.79 Å². The minimum absolute atomic E-state index is 0.00595. The average Bonchev–Trinajstić information content (AvgIpc) is 3.08. The zero-order chi connectivity index (χ0) is 20.3. The molecule has 5 aromatic rings. The van der Waals surface area contributed by atoms with Crippen molar-refractivity contribution in [3.8, 4) is 0 Å². The third-order valence-corrected chi connectivity index (χ3v) is 5.45. The topological polar surface area (TPSA) is 34.0 Å². The Morgan fingerprint density at radius 3 is 2.07 bits per heavy atom. The van der Waals surface area contributed by atoms with Crippen molar-refractivity contribution in [2.45, 2.75) is 13.0 Å². The smallest absolute Gasteiger partial charge is 0.228 e. The van der Waals surface area contributed by atoms with Crippen molar-refractivity contribution in [3.05, 3.63) is 114 Å². The first-order valence-electron chi connectivity index (χ1n) is 10.2. The Labute approximate surface area is 175 Å². The Morgan fingerprint density at radius 1 is 0.667 bits per heavy atom. The number of benzene rings is 4. The summed E-state index contributed by atoms with van der Waals surface area (Å²) in [6.45, 7) is 0.810. The molecule has 1 amide bonds. The Hall–Kier alpha value is -3.85. The van der Waals surface area contributed by atoms with E-state index in [1.165, 1.54) is 22.0 Å². The fourth-order valence-corrected chi connectivity index (χ4v) is 4.05. The van der Waals surface area contributed by atoms with Gasteiger partial charge in [-0.1, -0.05) is 78.9 Å². The summed E-state index contributed by atoms with van der Waals surface area (Å²) in [5.41, 5.74) is 5.47. The van der Waals surface area contributed by atoms with Crippen LogP contribution < -0.4 is 5.32 Å².